The van der Waals surface area contributed by atoms with Crippen LogP contribution in [0.15, 0.2) is 47.2 Å². The molecule has 0 aromatic heterocycles. The number of hydrogen-bond donors (Lipinski definition) is 3. The summed E-state index contributed by atoms with van der Waals surface area (Å²) in [4.78, 5) is 48.4. The molecule has 0 aliphatic carbocycles. The van der Waals surface area contributed by atoms with Crippen molar-refractivity contribution < 1.29 is 47.3 Å². The number of ether oxygens (including phenoxy) is 1. The van der Waals surface area contributed by atoms with E-state index in [1.165, 1.54) is 16.7 Å². The smallest absolute Gasteiger partial charge is 0.490 e. The van der Waals surface area contributed by atoms with Crippen molar-refractivity contribution in [3.8, 4) is 5.75 Å². The topological polar surface area (TPSA) is 150 Å². The number of allylic oxidation sites excluding steroid dienone is 1. The summed E-state index contributed by atoms with van der Waals surface area (Å²) in [6.45, 7) is 0.497. The van der Waals surface area contributed by atoms with Crippen LogP contribution in [0.2, 0.25) is 0 Å². The normalized spacial score (nSPS) is 22.9. The number of carboxylic acids is 2. The van der Waals surface area contributed by atoms with Crippen LogP contribution in [0.5, 0.6) is 5.75 Å². The third kappa shape index (κ3) is 5.27. The molecule has 0 radical (unpaired) electrons. The molecule has 2 saturated heterocycles. The van der Waals surface area contributed by atoms with Gasteiger partial charge in [-0.15, -0.1) is 11.8 Å². The largest absolute Gasteiger partial charge is 0.497 e. The second kappa shape index (κ2) is 10.00. The molecule has 2 fully saturated rings. The number of alkyl halides is 3. The monoisotopic (exact) mass is 515 g/mol. The highest BCUT2D eigenvalue weighted by atomic mass is 32.2. The molecule has 35 heavy (non-hydrogen) atoms. The summed E-state index contributed by atoms with van der Waals surface area (Å²) in [5.41, 5.74) is 7.40. The van der Waals surface area contributed by atoms with Crippen molar-refractivity contribution in [2.75, 3.05) is 24.3 Å². The Kier molecular flexibility index (Phi) is 7.45. The average molecular weight is 515 g/mol. The minimum Gasteiger partial charge on any atom is -0.497 e. The lowest BCUT2D eigenvalue weighted by atomic mass is 10.0. The standard InChI is InChI=1S/C19H19N3O5S.C2HF3O2/c1-27-13-4-2-3-12(8-13)21-6-5-10(16(21)23)7-11-9-28-18-14(20)17(24)22(18)15(11)19(25)26;3-2(4,5)1(6)7/h2-4,7-8,14,18H,5-6,9,20H2,1H3,(H,25,26);(H,6,7)/b10-7+;/t14-,18-;/m1./s1. The quantitative estimate of drug-likeness (QED) is 0.401. The molecule has 1 aromatic rings. The van der Waals surface area contributed by atoms with Gasteiger partial charge in [0.25, 0.3) is 5.91 Å². The Morgan fingerprint density at radius 2 is 1.91 bits per heavy atom. The Bertz CT molecular complexity index is 1140. The Labute approximate surface area is 200 Å². The highest BCUT2D eigenvalue weighted by molar-refractivity contribution is 8.00. The molecule has 188 valence electrons. The van der Waals surface area contributed by atoms with Gasteiger partial charge in [0, 0.05) is 29.6 Å². The minimum absolute atomic E-state index is 0.0735. The van der Waals surface area contributed by atoms with Crippen molar-refractivity contribution in [2.24, 2.45) is 5.73 Å². The fourth-order valence-corrected chi connectivity index (χ4v) is 4.89. The van der Waals surface area contributed by atoms with E-state index in [0.717, 1.165) is 5.69 Å². The third-order valence-electron chi connectivity index (χ3n) is 5.32. The van der Waals surface area contributed by atoms with Gasteiger partial charge >= 0.3 is 18.1 Å². The zero-order chi connectivity index (χ0) is 26.1. The van der Waals surface area contributed by atoms with Crippen LogP contribution >= 0.6 is 11.8 Å². The number of β-lactam (4-membered cyclic amide) rings is 1. The second-order valence-electron chi connectivity index (χ2n) is 7.50. The first-order valence-electron chi connectivity index (χ1n) is 10.00. The van der Waals surface area contributed by atoms with E-state index >= 15 is 0 Å². The molecule has 1 aromatic carbocycles. The number of hydrogen-bond acceptors (Lipinski definition) is 7. The molecule has 14 heteroatoms. The van der Waals surface area contributed by atoms with Gasteiger partial charge in [0.2, 0.25) is 5.91 Å². The molecule has 3 heterocycles. The first-order chi connectivity index (χ1) is 16.4. The zero-order valence-electron chi connectivity index (χ0n) is 18.1. The van der Waals surface area contributed by atoms with E-state index in [-0.39, 0.29) is 17.0 Å². The number of nitrogens with zero attached hydrogens (tertiary/aromatic N) is 2. The van der Waals surface area contributed by atoms with Crippen LogP contribution in [0.4, 0.5) is 18.9 Å². The number of fused-ring (bicyclic) bond motifs is 1. The number of carboxylic acid groups (broad SMARTS) is 2. The number of benzene rings is 1. The molecule has 4 N–H and O–H groups in total. The maximum Gasteiger partial charge on any atom is 0.490 e. The van der Waals surface area contributed by atoms with E-state index in [2.05, 4.69) is 0 Å². The van der Waals surface area contributed by atoms with Crippen LogP contribution in [0.3, 0.4) is 0 Å². The van der Waals surface area contributed by atoms with Crippen molar-refractivity contribution in [2.45, 2.75) is 24.0 Å². The maximum atomic E-state index is 12.9. The number of anilines is 1. The number of thioether (sulfide) groups is 1. The molecule has 3 aliphatic heterocycles. The molecule has 2 amide bonds. The maximum absolute atomic E-state index is 12.9. The average Bonchev–Trinajstić information content (AvgIpc) is 3.17. The fraction of sp³-hybridized carbons (Fsp3) is 0.333. The number of nitrogens with two attached hydrogens (primary N) is 1. The van der Waals surface area contributed by atoms with E-state index in [0.29, 0.717) is 35.6 Å². The minimum atomic E-state index is -5.08. The molecular weight excluding hydrogens is 495 g/mol. The van der Waals surface area contributed by atoms with Gasteiger partial charge in [0.1, 0.15) is 22.9 Å². The first kappa shape index (κ1) is 26.1. The number of methoxy groups -OCH3 is 1. The van der Waals surface area contributed by atoms with Crippen LogP contribution in [-0.2, 0) is 19.2 Å². The number of carbonyl (C=O) groups is 4. The summed E-state index contributed by atoms with van der Waals surface area (Å²) >= 11 is 1.41. The molecule has 2 atom stereocenters. The van der Waals surface area contributed by atoms with Gasteiger partial charge in [-0.25, -0.2) is 9.59 Å². The van der Waals surface area contributed by atoms with E-state index in [4.69, 9.17) is 20.4 Å². The van der Waals surface area contributed by atoms with Gasteiger partial charge < -0.3 is 25.6 Å². The van der Waals surface area contributed by atoms with Crippen LogP contribution in [0, 0.1) is 0 Å². The third-order valence-corrected chi connectivity index (χ3v) is 6.65. The highest BCUT2D eigenvalue weighted by Gasteiger charge is 2.51. The van der Waals surface area contributed by atoms with Gasteiger partial charge in [0.15, 0.2) is 0 Å². The fourth-order valence-electron chi connectivity index (χ4n) is 3.63. The molecule has 4 rings (SSSR count). The molecule has 0 saturated carbocycles. The lowest BCUT2D eigenvalue weighted by Gasteiger charge is -2.47. The molecular formula is C21H20F3N3O7S. The molecule has 0 unspecified atom stereocenters. The SMILES string of the molecule is COc1cccc(N2CC/C(=C\C3=C(C(=O)O)N4C(=O)[C@@H](N)[C@H]4SC3)C2=O)c1.O=C(O)C(F)(F)F. The van der Waals surface area contributed by atoms with Crippen LogP contribution < -0.4 is 15.4 Å². The summed E-state index contributed by atoms with van der Waals surface area (Å²) in [5, 5.41) is 16.4. The number of halogens is 3. The number of rotatable bonds is 4. The van der Waals surface area contributed by atoms with Crippen molar-refractivity contribution in [3.63, 3.8) is 0 Å². The van der Waals surface area contributed by atoms with Crippen molar-refractivity contribution >= 4 is 41.2 Å². The Hall–Kier alpha value is -3.52. The van der Waals surface area contributed by atoms with Crippen LogP contribution in [0.25, 0.3) is 0 Å². The lowest BCUT2D eigenvalue weighted by molar-refractivity contribution is -0.192. The Balaban J connectivity index is 0.000000429. The summed E-state index contributed by atoms with van der Waals surface area (Å²) in [7, 11) is 1.56. The van der Waals surface area contributed by atoms with Gasteiger partial charge in [-0.1, -0.05) is 6.07 Å². The van der Waals surface area contributed by atoms with Gasteiger partial charge in [-0.05, 0) is 30.2 Å². The number of aliphatic carboxylic acids is 2. The van der Waals surface area contributed by atoms with E-state index in [9.17, 15) is 32.7 Å². The van der Waals surface area contributed by atoms with Crippen molar-refractivity contribution in [1.29, 1.82) is 0 Å². The van der Waals surface area contributed by atoms with Crippen LogP contribution in [-0.4, -0.2) is 75.9 Å². The highest BCUT2D eigenvalue weighted by Crippen LogP contribution is 2.40. The summed E-state index contributed by atoms with van der Waals surface area (Å²) in [6, 6.07) is 6.54. The summed E-state index contributed by atoms with van der Waals surface area (Å²) < 4.78 is 36.9. The predicted octanol–water partition coefficient (Wildman–Crippen LogP) is 1.57. The van der Waals surface area contributed by atoms with Crippen molar-refractivity contribution in [3.05, 3.63) is 47.2 Å². The molecule has 0 spiro atoms. The second-order valence-corrected chi connectivity index (χ2v) is 8.60. The first-order valence-corrected chi connectivity index (χ1v) is 11.0. The van der Waals surface area contributed by atoms with E-state index < -0.39 is 30.1 Å². The van der Waals surface area contributed by atoms with Gasteiger partial charge in [0.05, 0.1) is 7.11 Å². The van der Waals surface area contributed by atoms with E-state index in [1.54, 1.807) is 30.2 Å². The summed E-state index contributed by atoms with van der Waals surface area (Å²) in [6.07, 6.45) is -2.97. The predicted molar refractivity (Wildman–Crippen MR) is 117 cm³/mol. The molecule has 3 aliphatic rings. The van der Waals surface area contributed by atoms with E-state index in [1.807, 2.05) is 12.1 Å². The van der Waals surface area contributed by atoms with Crippen molar-refractivity contribution in [1.82, 2.24) is 4.90 Å². The Morgan fingerprint density at radius 3 is 2.49 bits per heavy atom. The van der Waals surface area contributed by atoms with Gasteiger partial charge in [-0.2, -0.15) is 13.2 Å². The Morgan fingerprint density at radius 1 is 1.26 bits per heavy atom. The number of carbonyl (C=O) groups excluding carboxylic acids is 2. The van der Waals surface area contributed by atoms with Gasteiger partial charge in [-0.3, -0.25) is 14.5 Å². The molecule has 0 bridgehead atoms. The lowest BCUT2D eigenvalue weighted by Crippen LogP contribution is -2.68. The van der Waals surface area contributed by atoms with Crippen LogP contribution in [0.1, 0.15) is 6.42 Å². The zero-order valence-corrected chi connectivity index (χ0v) is 18.9. The number of amides is 2. The summed E-state index contributed by atoms with van der Waals surface area (Å²) in [5.74, 6) is -3.48. The molecule has 10 nitrogen and oxygen atoms in total.